The Morgan fingerprint density at radius 2 is 1.92 bits per heavy atom. The largest absolute Gasteiger partial charge is 0.347 e. The summed E-state index contributed by atoms with van der Waals surface area (Å²) in [5, 5.41) is 8.36. The molecule has 1 amide bonds. The zero-order valence-corrected chi connectivity index (χ0v) is 13.9. The van der Waals surface area contributed by atoms with Crippen molar-refractivity contribution >= 4 is 28.1 Å². The molecule has 6 heteroatoms. The molecule has 3 aromatic rings. The number of hydrogen-bond donors (Lipinski definition) is 2. The van der Waals surface area contributed by atoms with Crippen molar-refractivity contribution in [1.29, 1.82) is 0 Å². The molecule has 122 valence electrons. The molecule has 0 unspecified atom stereocenters. The topological polar surface area (TPSA) is 54.0 Å². The van der Waals surface area contributed by atoms with Crippen LogP contribution in [0.15, 0.2) is 53.9 Å². The summed E-state index contributed by atoms with van der Waals surface area (Å²) in [6.07, 6.45) is 0. The van der Waals surface area contributed by atoms with Gasteiger partial charge in [-0.2, -0.15) is 0 Å². The Balaban J connectivity index is 1.61. The Bertz CT molecular complexity index is 845. The fourth-order valence-corrected chi connectivity index (χ4v) is 2.84. The molecule has 2 N–H and O–H groups in total. The number of para-hydroxylation sites is 1. The second-order valence-electron chi connectivity index (χ2n) is 5.29. The van der Waals surface area contributed by atoms with Gasteiger partial charge in [0.05, 0.1) is 0 Å². The van der Waals surface area contributed by atoms with Gasteiger partial charge in [0.15, 0.2) is 5.13 Å². The van der Waals surface area contributed by atoms with Gasteiger partial charge in [0, 0.05) is 17.6 Å². The van der Waals surface area contributed by atoms with E-state index >= 15 is 0 Å². The van der Waals surface area contributed by atoms with Gasteiger partial charge in [-0.05, 0) is 36.2 Å². The number of rotatable bonds is 5. The summed E-state index contributed by atoms with van der Waals surface area (Å²) in [4.78, 5) is 16.5. The van der Waals surface area contributed by atoms with E-state index in [1.165, 1.54) is 23.5 Å². The van der Waals surface area contributed by atoms with Crippen LogP contribution < -0.4 is 10.6 Å². The number of aromatic nitrogens is 1. The van der Waals surface area contributed by atoms with Gasteiger partial charge >= 0.3 is 0 Å². The molecule has 0 fully saturated rings. The average molecular weight is 341 g/mol. The number of aryl methyl sites for hydroxylation is 1. The first-order valence-electron chi connectivity index (χ1n) is 7.42. The molecular weight excluding hydrogens is 325 g/mol. The van der Waals surface area contributed by atoms with E-state index in [1.54, 1.807) is 17.5 Å². The SMILES string of the molecule is Cc1ccccc1Nc1nc(C(=O)NCc2ccc(F)cc2)cs1. The van der Waals surface area contributed by atoms with Crippen molar-refractivity contribution in [2.24, 2.45) is 0 Å². The van der Waals surface area contributed by atoms with Crippen LogP contribution in [0.1, 0.15) is 21.6 Å². The van der Waals surface area contributed by atoms with E-state index in [4.69, 9.17) is 0 Å². The molecule has 0 bridgehead atoms. The van der Waals surface area contributed by atoms with Crippen molar-refractivity contribution in [3.8, 4) is 0 Å². The van der Waals surface area contributed by atoms with E-state index in [1.807, 2.05) is 31.2 Å². The minimum atomic E-state index is -0.295. The Kier molecular flexibility index (Phi) is 4.86. The van der Waals surface area contributed by atoms with Crippen molar-refractivity contribution in [1.82, 2.24) is 10.3 Å². The number of hydrogen-bond acceptors (Lipinski definition) is 4. The molecule has 0 aliphatic heterocycles. The fraction of sp³-hybridized carbons (Fsp3) is 0.111. The minimum absolute atomic E-state index is 0.256. The molecule has 2 aromatic carbocycles. The number of nitrogens with one attached hydrogen (secondary N) is 2. The van der Waals surface area contributed by atoms with Crippen molar-refractivity contribution in [2.75, 3.05) is 5.32 Å². The maximum Gasteiger partial charge on any atom is 0.271 e. The van der Waals surface area contributed by atoms with E-state index in [-0.39, 0.29) is 11.7 Å². The third-order valence-corrected chi connectivity index (χ3v) is 4.25. The van der Waals surface area contributed by atoms with E-state index < -0.39 is 0 Å². The van der Waals surface area contributed by atoms with Crippen LogP contribution >= 0.6 is 11.3 Å². The number of thiazole rings is 1. The Labute approximate surface area is 143 Å². The first-order valence-corrected chi connectivity index (χ1v) is 8.30. The number of carbonyl (C=O) groups excluding carboxylic acids is 1. The molecular formula is C18H16FN3OS. The van der Waals surface area contributed by atoms with Gasteiger partial charge in [-0.25, -0.2) is 9.37 Å². The summed E-state index contributed by atoms with van der Waals surface area (Å²) in [7, 11) is 0. The standard InChI is InChI=1S/C18H16FN3OS/c1-12-4-2-3-5-15(12)21-18-22-16(11-24-18)17(23)20-10-13-6-8-14(19)9-7-13/h2-9,11H,10H2,1H3,(H,20,23)(H,21,22). The van der Waals surface area contributed by atoms with Gasteiger partial charge in [0.25, 0.3) is 5.91 Å². The Morgan fingerprint density at radius 3 is 2.67 bits per heavy atom. The number of amides is 1. The predicted molar refractivity (Wildman–Crippen MR) is 94.1 cm³/mol. The van der Waals surface area contributed by atoms with Crippen molar-refractivity contribution in [2.45, 2.75) is 13.5 Å². The normalized spacial score (nSPS) is 10.4. The van der Waals surface area contributed by atoms with Gasteiger partial charge in [-0.15, -0.1) is 11.3 Å². The van der Waals surface area contributed by atoms with Crippen LogP contribution in [0.25, 0.3) is 0 Å². The summed E-state index contributed by atoms with van der Waals surface area (Å²) in [5.41, 5.74) is 3.26. The van der Waals surface area contributed by atoms with E-state index in [0.29, 0.717) is 17.4 Å². The summed E-state index contributed by atoms with van der Waals surface area (Å²) in [6, 6.07) is 13.9. The lowest BCUT2D eigenvalue weighted by Crippen LogP contribution is -2.23. The van der Waals surface area contributed by atoms with Crippen LogP contribution in [0.2, 0.25) is 0 Å². The molecule has 0 aliphatic rings. The van der Waals surface area contributed by atoms with Crippen LogP contribution in [-0.4, -0.2) is 10.9 Å². The van der Waals surface area contributed by atoms with E-state index in [2.05, 4.69) is 15.6 Å². The molecule has 1 heterocycles. The predicted octanol–water partition coefficient (Wildman–Crippen LogP) is 4.26. The van der Waals surface area contributed by atoms with Crippen LogP contribution in [0.4, 0.5) is 15.2 Å². The number of anilines is 2. The van der Waals surface area contributed by atoms with Crippen LogP contribution in [0.3, 0.4) is 0 Å². The molecule has 3 rings (SSSR count). The summed E-state index contributed by atoms with van der Waals surface area (Å²) in [6.45, 7) is 2.34. The third-order valence-electron chi connectivity index (χ3n) is 3.49. The smallest absolute Gasteiger partial charge is 0.271 e. The highest BCUT2D eigenvalue weighted by Crippen LogP contribution is 2.23. The average Bonchev–Trinajstić information content (AvgIpc) is 3.05. The molecule has 4 nitrogen and oxygen atoms in total. The summed E-state index contributed by atoms with van der Waals surface area (Å²) in [5.74, 6) is -0.551. The fourth-order valence-electron chi connectivity index (χ4n) is 2.14. The monoisotopic (exact) mass is 341 g/mol. The maximum absolute atomic E-state index is 12.9. The summed E-state index contributed by atoms with van der Waals surface area (Å²) < 4.78 is 12.9. The molecule has 0 spiro atoms. The molecule has 0 atom stereocenters. The summed E-state index contributed by atoms with van der Waals surface area (Å²) >= 11 is 1.37. The quantitative estimate of drug-likeness (QED) is 0.729. The first-order chi connectivity index (χ1) is 11.6. The molecule has 0 saturated carbocycles. The lowest BCUT2D eigenvalue weighted by atomic mass is 10.2. The van der Waals surface area contributed by atoms with Crippen molar-refractivity contribution in [3.63, 3.8) is 0 Å². The third kappa shape index (κ3) is 3.97. The highest BCUT2D eigenvalue weighted by atomic mass is 32.1. The van der Waals surface area contributed by atoms with Crippen molar-refractivity contribution in [3.05, 3.63) is 76.5 Å². The zero-order valence-electron chi connectivity index (χ0n) is 13.0. The highest BCUT2D eigenvalue weighted by molar-refractivity contribution is 7.14. The van der Waals surface area contributed by atoms with Crippen LogP contribution in [0, 0.1) is 12.7 Å². The second-order valence-corrected chi connectivity index (χ2v) is 6.15. The molecule has 1 aromatic heterocycles. The van der Waals surface area contributed by atoms with Crippen LogP contribution in [-0.2, 0) is 6.54 Å². The van der Waals surface area contributed by atoms with E-state index in [0.717, 1.165) is 16.8 Å². The van der Waals surface area contributed by atoms with Gasteiger partial charge < -0.3 is 10.6 Å². The Hall–Kier alpha value is -2.73. The lowest BCUT2D eigenvalue weighted by molar-refractivity contribution is 0.0946. The van der Waals surface area contributed by atoms with Crippen LogP contribution in [0.5, 0.6) is 0 Å². The molecule has 0 aliphatic carbocycles. The maximum atomic E-state index is 12.9. The van der Waals surface area contributed by atoms with Crippen molar-refractivity contribution < 1.29 is 9.18 Å². The lowest BCUT2D eigenvalue weighted by Gasteiger charge is -2.05. The van der Waals surface area contributed by atoms with E-state index in [9.17, 15) is 9.18 Å². The molecule has 0 radical (unpaired) electrons. The van der Waals surface area contributed by atoms with Gasteiger partial charge in [0.1, 0.15) is 11.5 Å². The number of benzene rings is 2. The minimum Gasteiger partial charge on any atom is -0.347 e. The zero-order chi connectivity index (χ0) is 16.9. The number of halogens is 1. The first kappa shape index (κ1) is 16.1. The van der Waals surface area contributed by atoms with Gasteiger partial charge in [-0.3, -0.25) is 4.79 Å². The highest BCUT2D eigenvalue weighted by Gasteiger charge is 2.11. The Morgan fingerprint density at radius 1 is 1.17 bits per heavy atom. The molecule has 24 heavy (non-hydrogen) atoms. The van der Waals surface area contributed by atoms with Gasteiger partial charge in [0.2, 0.25) is 0 Å². The number of carbonyl (C=O) groups is 1. The molecule has 0 saturated heterocycles. The number of nitrogens with zero attached hydrogens (tertiary/aromatic N) is 1. The van der Waals surface area contributed by atoms with Gasteiger partial charge in [-0.1, -0.05) is 30.3 Å². The second kappa shape index (κ2) is 7.23.